The lowest BCUT2D eigenvalue weighted by molar-refractivity contribution is 0.277. The zero-order valence-electron chi connectivity index (χ0n) is 5.11. The van der Waals surface area contributed by atoms with E-state index in [9.17, 15) is 4.79 Å². The van der Waals surface area contributed by atoms with Crippen LogP contribution in [0.3, 0.4) is 0 Å². The molecule has 0 aromatic carbocycles. The molecule has 0 spiro atoms. The maximum Gasteiger partial charge on any atom is 0.248 e. The number of carbonyl (C=O) groups excluding carboxylic acids is 1. The molecule has 0 aliphatic carbocycles. The highest BCUT2D eigenvalue weighted by molar-refractivity contribution is 8.49. The predicted octanol–water partition coefficient (Wildman–Crippen LogP) is 2.72. The molecule has 2 atom stereocenters. The molecule has 0 amide bonds. The molecule has 2 saturated heterocycles. The lowest BCUT2D eigenvalue weighted by Crippen LogP contribution is -2.14. The second kappa shape index (κ2) is 3.21. The van der Waals surface area contributed by atoms with Gasteiger partial charge in [0.25, 0.3) is 0 Å². The largest absolute Gasteiger partial charge is 0.274 e. The number of rotatable bonds is 0. The Morgan fingerprint density at radius 1 is 1.10 bits per heavy atom. The van der Waals surface area contributed by atoms with Crippen LogP contribution in [0.15, 0.2) is 0 Å². The fraction of sp³-hybridized carbons (Fsp3) is 0.800. The molecule has 0 bridgehead atoms. The standard InChI is InChI=1S/C5H6OS4/c6-5-9-3-4(10-5)8-2-1-7-3/h3-4H,1-2H2/t3-,4-/m1/s1. The van der Waals surface area contributed by atoms with Gasteiger partial charge < -0.3 is 0 Å². The molecular weight excluding hydrogens is 204 g/mol. The third kappa shape index (κ3) is 1.47. The molecule has 0 N–H and O–H groups in total. The van der Waals surface area contributed by atoms with Gasteiger partial charge in [0.2, 0.25) is 4.45 Å². The quantitative estimate of drug-likeness (QED) is 0.609. The van der Waals surface area contributed by atoms with E-state index in [0.29, 0.717) is 13.6 Å². The normalized spacial score (nSPS) is 39.8. The number of thioether (sulfide) groups is 4. The summed E-state index contributed by atoms with van der Waals surface area (Å²) in [6.45, 7) is 0. The molecule has 2 rings (SSSR count). The first-order chi connectivity index (χ1) is 4.86. The van der Waals surface area contributed by atoms with Crippen molar-refractivity contribution < 1.29 is 4.79 Å². The van der Waals surface area contributed by atoms with Crippen molar-refractivity contribution in [3.05, 3.63) is 0 Å². The van der Waals surface area contributed by atoms with Crippen LogP contribution in [0.1, 0.15) is 0 Å². The van der Waals surface area contributed by atoms with Crippen LogP contribution in [0.25, 0.3) is 0 Å². The Morgan fingerprint density at radius 2 is 1.60 bits per heavy atom. The Balaban J connectivity index is 2.04. The van der Waals surface area contributed by atoms with Crippen LogP contribution >= 0.6 is 47.0 Å². The smallest absolute Gasteiger partial charge is 0.248 e. The third-order valence-electron chi connectivity index (χ3n) is 1.29. The molecule has 2 aliphatic rings. The second-order valence-corrected chi connectivity index (χ2v) is 7.55. The van der Waals surface area contributed by atoms with Crippen molar-refractivity contribution in [3.63, 3.8) is 0 Å². The molecule has 10 heavy (non-hydrogen) atoms. The SMILES string of the molecule is O=C1S[C@H]2SCCS[C@@H]2S1. The van der Waals surface area contributed by atoms with E-state index in [-0.39, 0.29) is 0 Å². The van der Waals surface area contributed by atoms with Crippen molar-refractivity contribution in [1.82, 2.24) is 0 Å². The van der Waals surface area contributed by atoms with Gasteiger partial charge in [-0.1, -0.05) is 23.5 Å². The Morgan fingerprint density at radius 3 is 2.10 bits per heavy atom. The molecule has 2 fully saturated rings. The van der Waals surface area contributed by atoms with Crippen molar-refractivity contribution in [2.24, 2.45) is 0 Å². The highest BCUT2D eigenvalue weighted by atomic mass is 32.3. The minimum absolute atomic E-state index is 0.317. The molecule has 5 heteroatoms. The molecule has 56 valence electrons. The highest BCUT2D eigenvalue weighted by Gasteiger charge is 2.37. The average molecular weight is 210 g/mol. The molecule has 0 aromatic heterocycles. The Labute approximate surface area is 76.8 Å². The highest BCUT2D eigenvalue weighted by Crippen LogP contribution is 2.51. The molecule has 2 aliphatic heterocycles. The van der Waals surface area contributed by atoms with Crippen molar-refractivity contribution in [2.45, 2.75) is 9.16 Å². The maximum atomic E-state index is 10.9. The van der Waals surface area contributed by atoms with Crippen LogP contribution < -0.4 is 0 Å². The fourth-order valence-electron chi connectivity index (χ4n) is 0.882. The molecule has 0 unspecified atom stereocenters. The van der Waals surface area contributed by atoms with E-state index in [0.717, 1.165) is 0 Å². The monoisotopic (exact) mass is 210 g/mol. The summed E-state index contributed by atoms with van der Waals surface area (Å²) >= 11 is 6.91. The van der Waals surface area contributed by atoms with Gasteiger partial charge in [0.15, 0.2) is 0 Å². The van der Waals surface area contributed by atoms with Gasteiger partial charge in [-0.3, -0.25) is 4.79 Å². The summed E-state index contributed by atoms with van der Waals surface area (Å²) in [6.07, 6.45) is 0. The van der Waals surface area contributed by atoms with Crippen molar-refractivity contribution in [3.8, 4) is 0 Å². The molecule has 2 heterocycles. The minimum Gasteiger partial charge on any atom is -0.274 e. The van der Waals surface area contributed by atoms with Crippen molar-refractivity contribution >= 4 is 51.5 Å². The zero-order chi connectivity index (χ0) is 6.97. The Bertz CT molecular complexity index is 144. The van der Waals surface area contributed by atoms with E-state index in [2.05, 4.69) is 0 Å². The van der Waals surface area contributed by atoms with Crippen LogP contribution in [0, 0.1) is 0 Å². The van der Waals surface area contributed by atoms with E-state index < -0.39 is 0 Å². The van der Waals surface area contributed by atoms with E-state index >= 15 is 0 Å². The zero-order valence-corrected chi connectivity index (χ0v) is 8.38. The lowest BCUT2D eigenvalue weighted by Gasteiger charge is -2.20. The molecule has 0 radical (unpaired) electrons. The van der Waals surface area contributed by atoms with Gasteiger partial charge in [0, 0.05) is 11.5 Å². The van der Waals surface area contributed by atoms with Crippen LogP contribution in [0.5, 0.6) is 0 Å². The summed E-state index contributed by atoms with van der Waals surface area (Å²) in [4.78, 5) is 10.9. The first kappa shape index (κ1) is 7.71. The van der Waals surface area contributed by atoms with E-state index in [1.54, 1.807) is 0 Å². The van der Waals surface area contributed by atoms with E-state index in [1.165, 1.54) is 35.0 Å². The Kier molecular flexibility index (Phi) is 2.47. The molecule has 0 saturated carbocycles. The van der Waals surface area contributed by atoms with Crippen LogP contribution in [0.2, 0.25) is 0 Å². The number of hydrogen-bond donors (Lipinski definition) is 0. The van der Waals surface area contributed by atoms with Gasteiger partial charge in [0.1, 0.15) is 0 Å². The average Bonchev–Trinajstić information content (AvgIpc) is 2.27. The molecule has 1 nitrogen and oxygen atoms in total. The lowest BCUT2D eigenvalue weighted by atomic mass is 10.9. The molecular formula is C5H6OS4. The number of fused-ring (bicyclic) bond motifs is 1. The predicted molar refractivity (Wildman–Crippen MR) is 53.1 cm³/mol. The Hall–Kier alpha value is 1.07. The van der Waals surface area contributed by atoms with Gasteiger partial charge in [0.05, 0.1) is 9.16 Å². The topological polar surface area (TPSA) is 17.1 Å². The van der Waals surface area contributed by atoms with E-state index in [1.807, 2.05) is 23.5 Å². The van der Waals surface area contributed by atoms with Crippen LogP contribution in [-0.4, -0.2) is 25.1 Å². The second-order valence-electron chi connectivity index (χ2n) is 1.96. The summed E-state index contributed by atoms with van der Waals surface area (Å²) in [5, 5.41) is 0. The number of carbonyl (C=O) groups is 1. The van der Waals surface area contributed by atoms with Crippen molar-refractivity contribution in [2.75, 3.05) is 11.5 Å². The first-order valence-corrected chi connectivity index (χ1v) is 6.82. The van der Waals surface area contributed by atoms with Gasteiger partial charge in [-0.05, 0) is 0 Å². The van der Waals surface area contributed by atoms with Crippen molar-refractivity contribution in [1.29, 1.82) is 0 Å². The van der Waals surface area contributed by atoms with Gasteiger partial charge in [-0.25, -0.2) is 0 Å². The summed E-state index contributed by atoms with van der Waals surface area (Å²) in [6, 6.07) is 0. The molecule has 0 aromatic rings. The fourth-order valence-corrected chi connectivity index (χ4v) is 7.50. The summed E-state index contributed by atoms with van der Waals surface area (Å²) in [7, 11) is 0. The van der Waals surface area contributed by atoms with Gasteiger partial charge in [-0.15, -0.1) is 23.5 Å². The maximum absolute atomic E-state index is 10.9. The summed E-state index contributed by atoms with van der Waals surface area (Å²) in [5.41, 5.74) is 0. The number of hydrogen-bond acceptors (Lipinski definition) is 5. The third-order valence-corrected chi connectivity index (χ3v) is 7.69. The summed E-state index contributed by atoms with van der Waals surface area (Å²) < 4.78 is 1.42. The van der Waals surface area contributed by atoms with Gasteiger partial charge >= 0.3 is 0 Å². The van der Waals surface area contributed by atoms with Gasteiger partial charge in [-0.2, -0.15) is 0 Å². The van der Waals surface area contributed by atoms with Crippen LogP contribution in [0.4, 0.5) is 4.79 Å². The van der Waals surface area contributed by atoms with Crippen LogP contribution in [-0.2, 0) is 0 Å². The van der Waals surface area contributed by atoms with E-state index in [4.69, 9.17) is 0 Å². The first-order valence-electron chi connectivity index (χ1n) is 2.97. The summed E-state index contributed by atoms with van der Waals surface area (Å²) in [5.74, 6) is 2.43. The minimum atomic E-state index is 0.317.